The van der Waals surface area contributed by atoms with Gasteiger partial charge in [-0.3, -0.25) is 4.98 Å². The minimum absolute atomic E-state index is 0.972. The van der Waals surface area contributed by atoms with Gasteiger partial charge in [0.25, 0.3) is 0 Å². The quantitative estimate of drug-likeness (QED) is 0.140. The lowest BCUT2D eigenvalue weighted by molar-refractivity contribution is 0.998. The number of hydrogen-bond donors (Lipinski definition) is 0. The first-order chi connectivity index (χ1) is 33.8. The molecule has 3 nitrogen and oxygen atoms in total. The molecule has 1 aliphatic rings. The molecule has 12 aromatic rings. The maximum absolute atomic E-state index is 5.33. The molecular formula is C65H45N3. The van der Waals surface area contributed by atoms with Crippen molar-refractivity contribution < 1.29 is 0 Å². The van der Waals surface area contributed by atoms with Crippen LogP contribution in [0, 0.1) is 0 Å². The number of pyridine rings is 1. The van der Waals surface area contributed by atoms with Gasteiger partial charge in [-0.1, -0.05) is 188 Å². The molecule has 0 aliphatic heterocycles. The Balaban J connectivity index is 1.18. The van der Waals surface area contributed by atoms with E-state index in [1.54, 1.807) is 0 Å². The van der Waals surface area contributed by atoms with E-state index in [9.17, 15) is 0 Å². The average Bonchev–Trinajstić information content (AvgIpc) is 4.07. The third kappa shape index (κ3) is 6.62. The second kappa shape index (κ2) is 16.6. The van der Waals surface area contributed by atoms with Crippen molar-refractivity contribution in [2.75, 3.05) is 0 Å². The SMILES string of the molecule is C1=CCCC(c2ccc(-c3ccccc3)n2-c2ccc3c(-c4cccc5ccccc45)c4cc(-n5c(-c6ccccc6)ccc5-c5ccccc5)ccc4c(-c4nccc5ccccc45)c3c2)=C1. The van der Waals surface area contributed by atoms with Crippen LogP contribution in [0.15, 0.2) is 249 Å². The second-order valence-corrected chi connectivity index (χ2v) is 17.8. The maximum atomic E-state index is 5.33. The monoisotopic (exact) mass is 867 g/mol. The highest BCUT2D eigenvalue weighted by molar-refractivity contribution is 6.25. The molecule has 68 heavy (non-hydrogen) atoms. The van der Waals surface area contributed by atoms with E-state index in [0.29, 0.717) is 0 Å². The number of allylic oxidation sites excluding steroid dienone is 4. The van der Waals surface area contributed by atoms with Crippen LogP contribution < -0.4 is 0 Å². The molecule has 0 fully saturated rings. The molecule has 3 heteroatoms. The van der Waals surface area contributed by atoms with Crippen molar-refractivity contribution in [1.29, 1.82) is 0 Å². The lowest BCUT2D eigenvalue weighted by atomic mass is 9.84. The van der Waals surface area contributed by atoms with E-state index in [0.717, 1.165) is 85.2 Å². The highest BCUT2D eigenvalue weighted by atomic mass is 15.0. The van der Waals surface area contributed by atoms with E-state index < -0.39 is 0 Å². The van der Waals surface area contributed by atoms with Crippen molar-refractivity contribution >= 4 is 48.7 Å². The van der Waals surface area contributed by atoms with Crippen LogP contribution in [0.4, 0.5) is 0 Å². The van der Waals surface area contributed by atoms with Gasteiger partial charge >= 0.3 is 0 Å². The molecule has 13 rings (SSSR count). The zero-order chi connectivity index (χ0) is 45.0. The van der Waals surface area contributed by atoms with Crippen LogP contribution in [-0.2, 0) is 0 Å². The Morgan fingerprint density at radius 1 is 0.368 bits per heavy atom. The first kappa shape index (κ1) is 39.6. The van der Waals surface area contributed by atoms with Gasteiger partial charge in [0.15, 0.2) is 0 Å². The minimum Gasteiger partial charge on any atom is -0.310 e. The van der Waals surface area contributed by atoms with Gasteiger partial charge < -0.3 is 9.13 Å². The molecule has 0 radical (unpaired) electrons. The lowest BCUT2D eigenvalue weighted by Crippen LogP contribution is -2.04. The summed E-state index contributed by atoms with van der Waals surface area (Å²) >= 11 is 0. The van der Waals surface area contributed by atoms with E-state index >= 15 is 0 Å². The van der Waals surface area contributed by atoms with Crippen LogP contribution in [0.1, 0.15) is 18.5 Å². The van der Waals surface area contributed by atoms with Crippen LogP contribution >= 0.6 is 0 Å². The Hall–Kier alpha value is -8.79. The van der Waals surface area contributed by atoms with Gasteiger partial charge in [0.2, 0.25) is 0 Å². The number of fused-ring (bicyclic) bond motifs is 4. The fourth-order valence-electron chi connectivity index (χ4n) is 10.8. The van der Waals surface area contributed by atoms with Gasteiger partial charge in [-0.2, -0.15) is 0 Å². The first-order valence-corrected chi connectivity index (χ1v) is 23.6. The maximum Gasteiger partial charge on any atom is 0.0792 e. The fourth-order valence-corrected chi connectivity index (χ4v) is 10.8. The van der Waals surface area contributed by atoms with Crippen LogP contribution in [0.25, 0.3) is 116 Å². The zero-order valence-electron chi connectivity index (χ0n) is 37.4. The topological polar surface area (TPSA) is 22.8 Å². The zero-order valence-corrected chi connectivity index (χ0v) is 37.4. The molecule has 0 unspecified atom stereocenters. The molecule has 3 aromatic heterocycles. The van der Waals surface area contributed by atoms with Crippen molar-refractivity contribution in [2.24, 2.45) is 0 Å². The van der Waals surface area contributed by atoms with Crippen molar-refractivity contribution in [3.05, 3.63) is 255 Å². The van der Waals surface area contributed by atoms with Gasteiger partial charge in [-0.25, -0.2) is 0 Å². The van der Waals surface area contributed by atoms with Gasteiger partial charge in [0.05, 0.1) is 22.8 Å². The molecule has 0 saturated carbocycles. The molecular weight excluding hydrogens is 823 g/mol. The molecule has 0 bridgehead atoms. The highest BCUT2D eigenvalue weighted by Crippen LogP contribution is 2.48. The summed E-state index contributed by atoms with van der Waals surface area (Å²) in [5, 5.41) is 9.36. The van der Waals surface area contributed by atoms with Gasteiger partial charge in [0, 0.05) is 34.2 Å². The van der Waals surface area contributed by atoms with Crippen LogP contribution in [0.5, 0.6) is 0 Å². The largest absolute Gasteiger partial charge is 0.310 e. The smallest absolute Gasteiger partial charge is 0.0792 e. The number of rotatable bonds is 8. The fraction of sp³-hybridized carbons (Fsp3) is 0.0308. The highest BCUT2D eigenvalue weighted by Gasteiger charge is 2.24. The molecule has 0 N–H and O–H groups in total. The Morgan fingerprint density at radius 3 is 1.47 bits per heavy atom. The Bertz CT molecular complexity index is 3880. The van der Waals surface area contributed by atoms with Gasteiger partial charge in [-0.15, -0.1) is 0 Å². The van der Waals surface area contributed by atoms with Gasteiger partial charge in [0.1, 0.15) is 0 Å². The Morgan fingerprint density at radius 2 is 0.868 bits per heavy atom. The molecule has 320 valence electrons. The number of aromatic nitrogens is 3. The van der Waals surface area contributed by atoms with Crippen LogP contribution in [0.2, 0.25) is 0 Å². The summed E-state index contributed by atoms with van der Waals surface area (Å²) in [6.07, 6.45) is 10.8. The van der Waals surface area contributed by atoms with E-state index in [2.05, 4.69) is 252 Å². The van der Waals surface area contributed by atoms with Crippen molar-refractivity contribution in [3.63, 3.8) is 0 Å². The molecule has 0 saturated heterocycles. The van der Waals surface area contributed by atoms with E-state index in [4.69, 9.17) is 4.98 Å². The first-order valence-electron chi connectivity index (χ1n) is 23.6. The van der Waals surface area contributed by atoms with E-state index in [-0.39, 0.29) is 0 Å². The summed E-state index contributed by atoms with van der Waals surface area (Å²) in [5.74, 6) is 0. The molecule has 9 aromatic carbocycles. The standard InChI is InChI=1S/C65H45N3/c1-5-20-46(21-6-1)59-36-37-60(47-22-7-2-8-23-47)67(59)50-33-35-56-57(42-50)63(54-31-17-28-44-18-13-15-29-52(44)54)55-34-32-51(43-58(55)64(56)65-53-30-16-14-19-45(53)40-41-66-65)68-61(48-24-9-3-10-25-48)38-39-62(68)49-26-11-4-12-27-49/h1-11,13-26,28-43H,12,27H2. The predicted molar refractivity (Wildman–Crippen MR) is 286 cm³/mol. The van der Waals surface area contributed by atoms with Crippen LogP contribution in [-0.4, -0.2) is 14.1 Å². The molecule has 0 atom stereocenters. The summed E-state index contributed by atoms with van der Waals surface area (Å²) in [6, 6.07) is 82.1. The second-order valence-electron chi connectivity index (χ2n) is 17.8. The minimum atomic E-state index is 0.972. The van der Waals surface area contributed by atoms with Crippen molar-refractivity contribution in [1.82, 2.24) is 14.1 Å². The third-order valence-electron chi connectivity index (χ3n) is 13.9. The average molecular weight is 868 g/mol. The number of nitrogens with zero attached hydrogens (tertiary/aromatic N) is 3. The lowest BCUT2D eigenvalue weighted by Gasteiger charge is -2.23. The summed E-state index contributed by atoms with van der Waals surface area (Å²) < 4.78 is 4.92. The third-order valence-corrected chi connectivity index (χ3v) is 13.9. The molecule has 3 heterocycles. The summed E-state index contributed by atoms with van der Waals surface area (Å²) in [5.41, 5.74) is 16.2. The predicted octanol–water partition coefficient (Wildman–Crippen LogP) is 17.3. The van der Waals surface area contributed by atoms with Crippen LogP contribution in [0.3, 0.4) is 0 Å². The summed E-state index contributed by atoms with van der Waals surface area (Å²) in [4.78, 5) is 5.33. The molecule has 1 aliphatic carbocycles. The van der Waals surface area contributed by atoms with Gasteiger partial charge in [-0.05, 0) is 139 Å². The van der Waals surface area contributed by atoms with Crippen molar-refractivity contribution in [3.8, 4) is 67.5 Å². The number of hydrogen-bond acceptors (Lipinski definition) is 1. The summed E-state index contributed by atoms with van der Waals surface area (Å²) in [7, 11) is 0. The van der Waals surface area contributed by atoms with E-state index in [1.165, 1.54) is 49.5 Å². The Labute approximate surface area is 395 Å². The summed E-state index contributed by atoms with van der Waals surface area (Å²) in [6.45, 7) is 0. The Kier molecular flexibility index (Phi) is 9.64. The normalized spacial score (nSPS) is 12.6. The molecule has 0 amide bonds. The number of benzene rings is 9. The molecule has 0 spiro atoms. The van der Waals surface area contributed by atoms with Crippen molar-refractivity contribution in [2.45, 2.75) is 12.8 Å². The van der Waals surface area contributed by atoms with E-state index in [1.807, 2.05) is 6.20 Å².